The fourth-order valence-corrected chi connectivity index (χ4v) is 3.96. The molecule has 7 nitrogen and oxygen atoms in total. The Kier molecular flexibility index (Phi) is 5.87. The normalized spacial score (nSPS) is 10.9. The number of ether oxygens (including phenoxy) is 1. The molecule has 0 aliphatic heterocycles. The highest BCUT2D eigenvalue weighted by Gasteiger charge is 2.14. The largest absolute Gasteiger partial charge is 0.496 e. The van der Waals surface area contributed by atoms with E-state index in [9.17, 15) is 4.79 Å². The predicted molar refractivity (Wildman–Crippen MR) is 117 cm³/mol. The van der Waals surface area contributed by atoms with Gasteiger partial charge in [-0.2, -0.15) is 14.6 Å². The molecule has 0 saturated heterocycles. The summed E-state index contributed by atoms with van der Waals surface area (Å²) >= 11 is 7.57. The van der Waals surface area contributed by atoms with Crippen LogP contribution in [-0.2, 0) is 6.42 Å². The van der Waals surface area contributed by atoms with Gasteiger partial charge >= 0.3 is 0 Å². The van der Waals surface area contributed by atoms with E-state index in [1.54, 1.807) is 34.5 Å². The number of fused-ring (bicyclic) bond motifs is 1. The smallest absolute Gasteiger partial charge is 0.259 e. The van der Waals surface area contributed by atoms with Gasteiger partial charge in [0, 0.05) is 21.3 Å². The van der Waals surface area contributed by atoms with Crippen molar-refractivity contribution in [1.82, 2.24) is 19.6 Å². The van der Waals surface area contributed by atoms with Crippen molar-refractivity contribution in [3.8, 4) is 5.75 Å². The Hall–Kier alpha value is -3.10. The summed E-state index contributed by atoms with van der Waals surface area (Å²) in [5.74, 6) is 0.752. The molecule has 2 heterocycles. The minimum Gasteiger partial charge on any atom is -0.496 e. The van der Waals surface area contributed by atoms with Crippen molar-refractivity contribution < 1.29 is 9.53 Å². The van der Waals surface area contributed by atoms with Gasteiger partial charge in [-0.05, 0) is 55.0 Å². The number of halogens is 1. The zero-order valence-electron chi connectivity index (χ0n) is 16.3. The van der Waals surface area contributed by atoms with Crippen LogP contribution in [-0.4, -0.2) is 32.6 Å². The Morgan fingerprint density at radius 2 is 2.00 bits per heavy atom. The van der Waals surface area contributed by atoms with Crippen molar-refractivity contribution in [2.75, 3.05) is 12.4 Å². The van der Waals surface area contributed by atoms with Crippen LogP contribution in [0, 0.1) is 0 Å². The summed E-state index contributed by atoms with van der Waals surface area (Å²) < 4.78 is 6.96. The van der Waals surface area contributed by atoms with Crippen LogP contribution in [0.15, 0.2) is 64.8 Å². The Balaban J connectivity index is 1.52. The summed E-state index contributed by atoms with van der Waals surface area (Å²) in [6, 6.07) is 14.5. The van der Waals surface area contributed by atoms with E-state index in [0.29, 0.717) is 27.8 Å². The first-order chi connectivity index (χ1) is 14.6. The lowest BCUT2D eigenvalue weighted by atomic mass is 10.2. The van der Waals surface area contributed by atoms with Gasteiger partial charge in [-0.25, -0.2) is 4.98 Å². The maximum atomic E-state index is 12.6. The SMILES string of the molecule is CCc1cc(Sc2ccc(NC(=O)c3cc(Cl)ccc3OC)cc2)n2ncnc2n1. The number of hydrogen-bond donors (Lipinski definition) is 1. The molecule has 0 spiro atoms. The monoisotopic (exact) mass is 439 g/mol. The first-order valence-electron chi connectivity index (χ1n) is 9.20. The molecule has 4 rings (SSSR count). The van der Waals surface area contributed by atoms with Crippen LogP contribution < -0.4 is 10.1 Å². The summed E-state index contributed by atoms with van der Waals surface area (Å²) in [6.45, 7) is 2.05. The fourth-order valence-electron chi connectivity index (χ4n) is 2.87. The molecule has 0 bridgehead atoms. The second-order valence-electron chi connectivity index (χ2n) is 6.34. The second kappa shape index (κ2) is 8.73. The average molecular weight is 440 g/mol. The van der Waals surface area contributed by atoms with Gasteiger partial charge in [0.05, 0.1) is 12.7 Å². The quantitative estimate of drug-likeness (QED) is 0.436. The molecule has 0 aliphatic carbocycles. The highest BCUT2D eigenvalue weighted by molar-refractivity contribution is 7.99. The molecule has 0 saturated carbocycles. The molecule has 2 aromatic heterocycles. The number of anilines is 1. The topological polar surface area (TPSA) is 81.4 Å². The summed E-state index contributed by atoms with van der Waals surface area (Å²) in [5.41, 5.74) is 2.00. The fraction of sp³-hybridized carbons (Fsp3) is 0.143. The molecule has 0 atom stereocenters. The van der Waals surface area contributed by atoms with E-state index in [-0.39, 0.29) is 5.91 Å². The van der Waals surface area contributed by atoms with Crippen LogP contribution in [0.4, 0.5) is 5.69 Å². The third-order valence-corrected chi connectivity index (χ3v) is 5.62. The number of amides is 1. The van der Waals surface area contributed by atoms with Gasteiger partial charge in [0.2, 0.25) is 0 Å². The number of hydrogen-bond acceptors (Lipinski definition) is 6. The molecule has 4 aromatic rings. The molecule has 152 valence electrons. The lowest BCUT2D eigenvalue weighted by Gasteiger charge is -2.10. The maximum Gasteiger partial charge on any atom is 0.259 e. The molecule has 2 aromatic carbocycles. The van der Waals surface area contributed by atoms with Gasteiger partial charge in [-0.3, -0.25) is 4.79 Å². The molecular formula is C21H18ClN5O2S. The van der Waals surface area contributed by atoms with Gasteiger partial charge in [0.1, 0.15) is 17.1 Å². The predicted octanol–water partition coefficient (Wildman–Crippen LogP) is 4.75. The van der Waals surface area contributed by atoms with E-state index in [1.807, 2.05) is 30.3 Å². The van der Waals surface area contributed by atoms with Gasteiger partial charge in [-0.1, -0.05) is 30.3 Å². The van der Waals surface area contributed by atoms with Crippen LogP contribution in [0.5, 0.6) is 5.75 Å². The van der Waals surface area contributed by atoms with Gasteiger partial charge < -0.3 is 10.1 Å². The van der Waals surface area contributed by atoms with Crippen LogP contribution in [0.25, 0.3) is 5.78 Å². The van der Waals surface area contributed by atoms with Crippen molar-refractivity contribution in [2.24, 2.45) is 0 Å². The number of methoxy groups -OCH3 is 1. The summed E-state index contributed by atoms with van der Waals surface area (Å²) in [7, 11) is 1.52. The van der Waals surface area contributed by atoms with E-state index >= 15 is 0 Å². The van der Waals surface area contributed by atoms with E-state index in [4.69, 9.17) is 16.3 Å². The molecule has 0 fully saturated rings. The third-order valence-electron chi connectivity index (χ3n) is 4.38. The van der Waals surface area contributed by atoms with Crippen molar-refractivity contribution in [1.29, 1.82) is 0 Å². The van der Waals surface area contributed by atoms with Gasteiger partial charge in [0.25, 0.3) is 11.7 Å². The van der Waals surface area contributed by atoms with E-state index < -0.39 is 0 Å². The zero-order valence-corrected chi connectivity index (χ0v) is 17.9. The maximum absolute atomic E-state index is 12.6. The van der Waals surface area contributed by atoms with E-state index in [1.165, 1.54) is 13.4 Å². The highest BCUT2D eigenvalue weighted by Crippen LogP contribution is 2.29. The van der Waals surface area contributed by atoms with Crippen molar-refractivity contribution in [3.05, 3.63) is 71.1 Å². The van der Waals surface area contributed by atoms with Crippen LogP contribution in [0.1, 0.15) is 23.0 Å². The Labute approximate surface area is 182 Å². The Morgan fingerprint density at radius 1 is 1.20 bits per heavy atom. The number of carbonyl (C=O) groups is 1. The van der Waals surface area contributed by atoms with Crippen LogP contribution >= 0.6 is 23.4 Å². The first-order valence-corrected chi connectivity index (χ1v) is 10.4. The summed E-state index contributed by atoms with van der Waals surface area (Å²) in [5, 5.41) is 8.51. The number of benzene rings is 2. The number of aromatic nitrogens is 4. The average Bonchev–Trinajstić information content (AvgIpc) is 3.24. The number of aryl methyl sites for hydroxylation is 1. The first kappa shape index (κ1) is 20.2. The number of nitrogens with zero attached hydrogens (tertiary/aromatic N) is 4. The molecule has 0 radical (unpaired) electrons. The minimum atomic E-state index is -0.291. The van der Waals surface area contributed by atoms with E-state index in [0.717, 1.165) is 22.0 Å². The second-order valence-corrected chi connectivity index (χ2v) is 7.87. The number of rotatable bonds is 6. The van der Waals surface area contributed by atoms with Gasteiger partial charge in [-0.15, -0.1) is 0 Å². The van der Waals surface area contributed by atoms with Crippen molar-refractivity contribution in [3.63, 3.8) is 0 Å². The molecule has 1 amide bonds. The summed E-state index contributed by atoms with van der Waals surface area (Å²) in [6.07, 6.45) is 2.31. The number of carbonyl (C=O) groups excluding carboxylic acids is 1. The molecule has 1 N–H and O–H groups in total. The lowest BCUT2D eigenvalue weighted by Crippen LogP contribution is -2.13. The lowest BCUT2D eigenvalue weighted by molar-refractivity contribution is 0.102. The Morgan fingerprint density at radius 3 is 2.73 bits per heavy atom. The number of nitrogens with one attached hydrogen (secondary N) is 1. The molecule has 30 heavy (non-hydrogen) atoms. The molecule has 0 unspecified atom stereocenters. The van der Waals surface area contributed by atoms with Gasteiger partial charge in [0.15, 0.2) is 0 Å². The standard InChI is InChI=1S/C21H18ClN5O2S/c1-3-14-11-19(27-21(26-14)23-12-24-27)30-16-7-5-15(6-8-16)25-20(28)17-10-13(22)4-9-18(17)29-2/h4-12H,3H2,1-2H3,(H,25,28). The van der Waals surface area contributed by atoms with Crippen LogP contribution in [0.3, 0.4) is 0 Å². The Bertz CT molecular complexity index is 1210. The van der Waals surface area contributed by atoms with Crippen molar-refractivity contribution in [2.45, 2.75) is 23.3 Å². The third kappa shape index (κ3) is 4.24. The molecule has 0 aliphatic rings. The zero-order chi connectivity index (χ0) is 21.1. The van der Waals surface area contributed by atoms with Crippen LogP contribution in [0.2, 0.25) is 5.02 Å². The minimum absolute atomic E-state index is 0.291. The molecule has 9 heteroatoms. The van der Waals surface area contributed by atoms with E-state index in [2.05, 4.69) is 27.3 Å². The summed E-state index contributed by atoms with van der Waals surface area (Å²) in [4.78, 5) is 22.3. The highest BCUT2D eigenvalue weighted by atomic mass is 35.5. The molecular weight excluding hydrogens is 422 g/mol. The van der Waals surface area contributed by atoms with Crippen molar-refractivity contribution >= 4 is 40.7 Å².